The van der Waals surface area contributed by atoms with E-state index in [4.69, 9.17) is 0 Å². The summed E-state index contributed by atoms with van der Waals surface area (Å²) in [6, 6.07) is 11.6. The molecule has 8 nitrogen and oxygen atoms in total. The molecule has 1 saturated heterocycles. The van der Waals surface area contributed by atoms with Crippen LogP contribution in [0.25, 0.3) is 21.3 Å². The first kappa shape index (κ1) is 26.3. The van der Waals surface area contributed by atoms with E-state index in [2.05, 4.69) is 21.3 Å². The second kappa shape index (κ2) is 10.3. The number of fused-ring (bicyclic) bond motifs is 2. The average Bonchev–Trinajstić information content (AvgIpc) is 3.61. The first-order chi connectivity index (χ1) is 19.2. The molecule has 3 aromatic heterocycles. The molecule has 0 aliphatic carbocycles. The molecule has 0 unspecified atom stereocenters. The third-order valence-electron chi connectivity index (χ3n) is 7.58. The number of aryl methyl sites for hydroxylation is 1. The molecular weight excluding hydrogens is 534 g/mol. The zero-order chi connectivity index (χ0) is 28.0. The minimum absolute atomic E-state index is 0.0511. The number of halogens is 2. The molecule has 11 heteroatoms. The van der Waals surface area contributed by atoms with Gasteiger partial charge < -0.3 is 10.2 Å². The number of benzene rings is 1. The van der Waals surface area contributed by atoms with E-state index >= 15 is 0 Å². The maximum Gasteiger partial charge on any atom is 0.331 e. The summed E-state index contributed by atoms with van der Waals surface area (Å²) in [5.74, 6) is -3.10. The van der Waals surface area contributed by atoms with Crippen LogP contribution in [0, 0.1) is 11.3 Å². The Balaban J connectivity index is 1.45. The molecule has 206 valence electrons. The summed E-state index contributed by atoms with van der Waals surface area (Å²) in [6.07, 6.45) is 5.83. The molecule has 40 heavy (non-hydrogen) atoms. The lowest BCUT2D eigenvalue weighted by molar-refractivity contribution is 0.00222. The summed E-state index contributed by atoms with van der Waals surface area (Å²) < 4.78 is 29.9. The average molecular weight is 563 g/mol. The zero-order valence-electron chi connectivity index (χ0n) is 22.0. The Labute approximate surface area is 233 Å². The van der Waals surface area contributed by atoms with Crippen LogP contribution in [0.2, 0.25) is 0 Å². The lowest BCUT2D eigenvalue weighted by Gasteiger charge is -2.38. The van der Waals surface area contributed by atoms with Crippen LogP contribution in [0.3, 0.4) is 0 Å². The molecular formula is C29H28F2N6O2S. The number of rotatable bonds is 6. The summed E-state index contributed by atoms with van der Waals surface area (Å²) >= 11 is 1.42. The van der Waals surface area contributed by atoms with Crippen molar-refractivity contribution in [3.05, 3.63) is 79.6 Å². The van der Waals surface area contributed by atoms with E-state index in [1.807, 2.05) is 24.3 Å². The van der Waals surface area contributed by atoms with Gasteiger partial charge in [0.1, 0.15) is 0 Å². The highest BCUT2D eigenvalue weighted by Crippen LogP contribution is 2.43. The van der Waals surface area contributed by atoms with Gasteiger partial charge in [-0.15, -0.1) is 11.3 Å². The molecule has 0 spiro atoms. The van der Waals surface area contributed by atoms with Crippen LogP contribution in [-0.4, -0.2) is 45.7 Å². The quantitative estimate of drug-likeness (QED) is 0.382. The number of hydrogen-bond acceptors (Lipinski definition) is 7. The molecule has 5 heterocycles. The van der Waals surface area contributed by atoms with Gasteiger partial charge in [-0.3, -0.25) is 18.9 Å². The van der Waals surface area contributed by atoms with Gasteiger partial charge in [-0.05, 0) is 55.6 Å². The van der Waals surface area contributed by atoms with E-state index < -0.39 is 23.7 Å². The highest BCUT2D eigenvalue weighted by Gasteiger charge is 2.30. The first-order valence-electron chi connectivity index (χ1n) is 13.3. The number of nitrogens with zero attached hydrogens (tertiary/aromatic N) is 5. The van der Waals surface area contributed by atoms with E-state index in [-0.39, 0.29) is 6.54 Å². The van der Waals surface area contributed by atoms with Crippen LogP contribution in [0.1, 0.15) is 35.8 Å². The highest BCUT2D eigenvalue weighted by molar-refractivity contribution is 7.19. The minimum Gasteiger partial charge on any atom is -0.366 e. The van der Waals surface area contributed by atoms with Crippen LogP contribution in [-0.2, 0) is 19.5 Å². The molecule has 0 saturated carbocycles. The number of nitriles is 1. The van der Waals surface area contributed by atoms with Crippen LogP contribution in [0.15, 0.2) is 52.3 Å². The SMILES string of the molecule is CC(F)(F)Cn1ccc(=O)n(Cc2cc3nccc(-c4cc(C#N)cc5c4N([C@H]4CCNC4)CCC5)c3s2)c1=O. The summed E-state index contributed by atoms with van der Waals surface area (Å²) in [4.78, 5) is 33.2. The number of aromatic nitrogens is 3. The molecule has 1 atom stereocenters. The Hall–Kier alpha value is -3.88. The van der Waals surface area contributed by atoms with Gasteiger partial charge in [-0.2, -0.15) is 5.26 Å². The van der Waals surface area contributed by atoms with E-state index in [1.54, 1.807) is 6.20 Å². The number of thiophene rings is 1. The van der Waals surface area contributed by atoms with Gasteiger partial charge in [-0.25, -0.2) is 13.6 Å². The van der Waals surface area contributed by atoms with Gasteiger partial charge in [0.25, 0.3) is 11.5 Å². The van der Waals surface area contributed by atoms with Crippen molar-refractivity contribution in [3.63, 3.8) is 0 Å². The fourth-order valence-electron chi connectivity index (χ4n) is 5.87. The summed E-state index contributed by atoms with van der Waals surface area (Å²) in [6.45, 7) is 2.72. The largest absolute Gasteiger partial charge is 0.366 e. The molecule has 4 aromatic rings. The third kappa shape index (κ3) is 4.93. The highest BCUT2D eigenvalue weighted by atomic mass is 32.1. The van der Waals surface area contributed by atoms with E-state index in [0.29, 0.717) is 22.0 Å². The van der Waals surface area contributed by atoms with Crippen LogP contribution in [0.4, 0.5) is 14.5 Å². The summed E-state index contributed by atoms with van der Waals surface area (Å²) in [7, 11) is 0. The fourth-order valence-corrected chi connectivity index (χ4v) is 7.00. The molecule has 0 radical (unpaired) electrons. The fraction of sp³-hybridized carbons (Fsp3) is 0.379. The van der Waals surface area contributed by atoms with Crippen molar-refractivity contribution in [2.24, 2.45) is 0 Å². The van der Waals surface area contributed by atoms with Crippen LogP contribution < -0.4 is 21.5 Å². The second-order valence-electron chi connectivity index (χ2n) is 10.6. The third-order valence-corrected chi connectivity index (χ3v) is 8.72. The molecule has 2 aliphatic heterocycles. The molecule has 1 fully saturated rings. The van der Waals surface area contributed by atoms with Crippen molar-refractivity contribution in [1.29, 1.82) is 5.26 Å². The molecule has 0 amide bonds. The second-order valence-corrected chi connectivity index (χ2v) is 11.7. The first-order valence-corrected chi connectivity index (χ1v) is 14.1. The van der Waals surface area contributed by atoms with Gasteiger partial charge in [0.05, 0.1) is 34.9 Å². The van der Waals surface area contributed by atoms with Gasteiger partial charge in [0.2, 0.25) is 0 Å². The Bertz CT molecular complexity index is 1760. The number of anilines is 1. The number of pyridine rings is 1. The van der Waals surface area contributed by atoms with Gasteiger partial charge in [0, 0.05) is 66.2 Å². The number of alkyl halides is 2. The Morgan fingerprint density at radius 1 is 1.23 bits per heavy atom. The van der Waals surface area contributed by atoms with Crippen molar-refractivity contribution in [2.75, 3.05) is 24.5 Å². The zero-order valence-corrected chi connectivity index (χ0v) is 22.8. The van der Waals surface area contributed by atoms with E-state index in [9.17, 15) is 23.6 Å². The lowest BCUT2D eigenvalue weighted by Crippen LogP contribution is -2.41. The Morgan fingerprint density at radius 2 is 2.08 bits per heavy atom. The maximum absolute atomic E-state index is 13.6. The van der Waals surface area contributed by atoms with E-state index in [1.165, 1.54) is 11.3 Å². The lowest BCUT2D eigenvalue weighted by atomic mass is 9.90. The Kier molecular flexibility index (Phi) is 6.76. The molecule has 0 bridgehead atoms. The van der Waals surface area contributed by atoms with E-state index in [0.717, 1.165) is 94.3 Å². The maximum atomic E-state index is 13.6. The normalized spacial score (nSPS) is 17.2. The number of nitrogens with one attached hydrogen (secondary N) is 1. The minimum atomic E-state index is -3.10. The molecule has 2 aliphatic rings. The predicted molar refractivity (Wildman–Crippen MR) is 151 cm³/mol. The van der Waals surface area contributed by atoms with Gasteiger partial charge >= 0.3 is 5.69 Å². The van der Waals surface area contributed by atoms with Gasteiger partial charge in [-0.1, -0.05) is 0 Å². The van der Waals surface area contributed by atoms with Crippen molar-refractivity contribution < 1.29 is 8.78 Å². The summed E-state index contributed by atoms with van der Waals surface area (Å²) in [5.41, 5.74) is 4.22. The topological polar surface area (TPSA) is 95.9 Å². The monoisotopic (exact) mass is 562 g/mol. The Morgan fingerprint density at radius 3 is 2.83 bits per heavy atom. The van der Waals surface area contributed by atoms with Crippen LogP contribution >= 0.6 is 11.3 Å². The molecule has 6 rings (SSSR count). The smallest absolute Gasteiger partial charge is 0.331 e. The van der Waals surface area contributed by atoms with Crippen molar-refractivity contribution in [3.8, 4) is 17.2 Å². The predicted octanol–water partition coefficient (Wildman–Crippen LogP) is 3.98. The molecule has 1 N–H and O–H groups in total. The van der Waals surface area contributed by atoms with Crippen molar-refractivity contribution in [1.82, 2.24) is 19.4 Å². The van der Waals surface area contributed by atoms with Crippen molar-refractivity contribution in [2.45, 2.75) is 51.2 Å². The molecule has 1 aromatic carbocycles. The summed E-state index contributed by atoms with van der Waals surface area (Å²) in [5, 5.41) is 13.3. The van der Waals surface area contributed by atoms with Crippen molar-refractivity contribution >= 4 is 27.2 Å². The standard InChI is InChI=1S/C29H28F2N6O2S/c1-29(30,31)17-35-10-6-25(38)37(28(35)39)16-21-13-24-27(40-21)22(5-8-34-24)23-12-18(14-32)11-19-3-2-9-36(26(19)23)20-4-7-33-15-20/h5-6,8,10-13,20,33H,2-4,7,9,15-17H2,1H3/t20-/m0/s1. The van der Waals surface area contributed by atoms with Crippen LogP contribution in [0.5, 0.6) is 0 Å². The number of hydrogen-bond donors (Lipinski definition) is 1. The van der Waals surface area contributed by atoms with Gasteiger partial charge in [0.15, 0.2) is 0 Å².